The molecule has 1 saturated heterocycles. The van der Waals surface area contributed by atoms with Crippen molar-refractivity contribution in [2.24, 2.45) is 5.73 Å². The molecule has 3 nitrogen and oxygen atoms in total. The van der Waals surface area contributed by atoms with Gasteiger partial charge in [-0.05, 0) is 38.0 Å². The molecule has 2 N–H and O–H groups in total. The highest BCUT2D eigenvalue weighted by atomic mass is 16.5. The highest BCUT2D eigenvalue weighted by molar-refractivity contribution is 5.34. The zero-order valence-electron chi connectivity index (χ0n) is 10.6. The standard InChI is InChI=1S/C14H21NO2/c1-3-17-13-6-4-12(5-7-13)14(8-11(2)15)9-16-10-14/h4-7,11H,3,8-10,15H2,1-2H3. The molecule has 0 aliphatic carbocycles. The maximum absolute atomic E-state index is 5.92. The molecular formula is C14H21NO2. The summed E-state index contributed by atoms with van der Waals surface area (Å²) in [5, 5.41) is 0. The van der Waals surface area contributed by atoms with E-state index in [0.717, 1.165) is 25.4 Å². The summed E-state index contributed by atoms with van der Waals surface area (Å²) in [6.07, 6.45) is 0.973. The third kappa shape index (κ3) is 2.61. The van der Waals surface area contributed by atoms with Gasteiger partial charge in [-0.25, -0.2) is 0 Å². The Labute approximate surface area is 103 Å². The third-order valence-corrected chi connectivity index (χ3v) is 3.25. The van der Waals surface area contributed by atoms with Gasteiger partial charge in [0, 0.05) is 11.5 Å². The fourth-order valence-corrected chi connectivity index (χ4v) is 2.44. The lowest BCUT2D eigenvalue weighted by Crippen LogP contribution is -2.49. The van der Waals surface area contributed by atoms with Crippen LogP contribution in [0.1, 0.15) is 25.8 Å². The number of hydrogen-bond acceptors (Lipinski definition) is 3. The molecule has 94 valence electrons. The largest absolute Gasteiger partial charge is 0.494 e. The van der Waals surface area contributed by atoms with Gasteiger partial charge in [-0.3, -0.25) is 0 Å². The summed E-state index contributed by atoms with van der Waals surface area (Å²) in [7, 11) is 0. The molecule has 0 amide bonds. The third-order valence-electron chi connectivity index (χ3n) is 3.25. The summed E-state index contributed by atoms with van der Waals surface area (Å²) in [6.45, 7) is 6.30. The van der Waals surface area contributed by atoms with Crippen molar-refractivity contribution in [2.45, 2.75) is 31.7 Å². The van der Waals surface area contributed by atoms with Gasteiger partial charge in [-0.2, -0.15) is 0 Å². The summed E-state index contributed by atoms with van der Waals surface area (Å²) in [5.41, 5.74) is 7.36. The second-order valence-electron chi connectivity index (χ2n) is 4.91. The van der Waals surface area contributed by atoms with Gasteiger partial charge < -0.3 is 15.2 Å². The van der Waals surface area contributed by atoms with Crippen LogP contribution in [0.5, 0.6) is 5.75 Å². The van der Waals surface area contributed by atoms with Gasteiger partial charge in [-0.1, -0.05) is 12.1 Å². The maximum atomic E-state index is 5.92. The summed E-state index contributed by atoms with van der Waals surface area (Å²) in [6, 6.07) is 8.52. The summed E-state index contributed by atoms with van der Waals surface area (Å²) < 4.78 is 10.8. The van der Waals surface area contributed by atoms with Crippen LogP contribution in [0.15, 0.2) is 24.3 Å². The molecule has 3 heteroatoms. The molecule has 17 heavy (non-hydrogen) atoms. The number of benzene rings is 1. The monoisotopic (exact) mass is 235 g/mol. The highest BCUT2D eigenvalue weighted by Gasteiger charge is 2.40. The van der Waals surface area contributed by atoms with E-state index in [1.54, 1.807) is 0 Å². The van der Waals surface area contributed by atoms with Crippen LogP contribution in [0.4, 0.5) is 0 Å². The van der Waals surface area contributed by atoms with Crippen LogP contribution >= 0.6 is 0 Å². The van der Waals surface area contributed by atoms with Gasteiger partial charge in [0.25, 0.3) is 0 Å². The molecule has 0 bridgehead atoms. The zero-order valence-corrected chi connectivity index (χ0v) is 10.6. The lowest BCUT2D eigenvalue weighted by Gasteiger charge is -2.43. The van der Waals surface area contributed by atoms with Crippen molar-refractivity contribution in [1.29, 1.82) is 0 Å². The Kier molecular flexibility index (Phi) is 3.69. The van der Waals surface area contributed by atoms with Crippen LogP contribution in [0.3, 0.4) is 0 Å². The lowest BCUT2D eigenvalue weighted by atomic mass is 9.74. The Hall–Kier alpha value is -1.06. The first-order valence-corrected chi connectivity index (χ1v) is 6.23. The van der Waals surface area contributed by atoms with Crippen LogP contribution in [-0.4, -0.2) is 25.9 Å². The molecule has 1 aromatic carbocycles. The van der Waals surface area contributed by atoms with E-state index in [-0.39, 0.29) is 11.5 Å². The maximum Gasteiger partial charge on any atom is 0.119 e. The van der Waals surface area contributed by atoms with Gasteiger partial charge >= 0.3 is 0 Å². The van der Waals surface area contributed by atoms with Gasteiger partial charge in [0.05, 0.1) is 19.8 Å². The minimum atomic E-state index is 0.124. The van der Waals surface area contributed by atoms with Crippen LogP contribution in [0, 0.1) is 0 Å². The summed E-state index contributed by atoms with van der Waals surface area (Å²) in [4.78, 5) is 0. The van der Waals surface area contributed by atoms with Crippen molar-refractivity contribution in [3.8, 4) is 5.75 Å². The average Bonchev–Trinajstić information content (AvgIpc) is 2.25. The zero-order chi connectivity index (χ0) is 12.3. The summed E-state index contributed by atoms with van der Waals surface area (Å²) >= 11 is 0. The van der Waals surface area contributed by atoms with E-state index in [9.17, 15) is 0 Å². The van der Waals surface area contributed by atoms with E-state index >= 15 is 0 Å². The molecule has 0 spiro atoms. The molecule has 0 radical (unpaired) electrons. The second kappa shape index (κ2) is 5.07. The van der Waals surface area contributed by atoms with Crippen molar-refractivity contribution >= 4 is 0 Å². The molecule has 0 saturated carbocycles. The van der Waals surface area contributed by atoms with Crippen molar-refractivity contribution in [3.05, 3.63) is 29.8 Å². The fraction of sp³-hybridized carbons (Fsp3) is 0.571. The van der Waals surface area contributed by atoms with Gasteiger partial charge in [0.1, 0.15) is 5.75 Å². The number of rotatable bonds is 5. The Balaban J connectivity index is 2.14. The second-order valence-corrected chi connectivity index (χ2v) is 4.91. The average molecular weight is 235 g/mol. The molecule has 1 aliphatic heterocycles. The predicted molar refractivity (Wildman–Crippen MR) is 68.4 cm³/mol. The molecule has 1 fully saturated rings. The SMILES string of the molecule is CCOc1ccc(C2(CC(C)N)COC2)cc1. The van der Waals surface area contributed by atoms with E-state index in [2.05, 4.69) is 19.1 Å². The molecule has 1 aromatic rings. The van der Waals surface area contributed by atoms with Crippen LogP contribution in [0.2, 0.25) is 0 Å². The number of nitrogens with two attached hydrogens (primary N) is 1. The first-order valence-electron chi connectivity index (χ1n) is 6.23. The Morgan fingerprint density at radius 2 is 2.00 bits per heavy atom. The van der Waals surface area contributed by atoms with Crippen LogP contribution < -0.4 is 10.5 Å². The van der Waals surface area contributed by atoms with E-state index in [1.165, 1.54) is 5.56 Å². The minimum Gasteiger partial charge on any atom is -0.494 e. The van der Waals surface area contributed by atoms with Crippen molar-refractivity contribution in [1.82, 2.24) is 0 Å². The van der Waals surface area contributed by atoms with Crippen molar-refractivity contribution < 1.29 is 9.47 Å². The predicted octanol–water partition coefficient (Wildman–Crippen LogP) is 2.09. The molecular weight excluding hydrogens is 214 g/mol. The van der Waals surface area contributed by atoms with Crippen LogP contribution in [0.25, 0.3) is 0 Å². The summed E-state index contributed by atoms with van der Waals surface area (Å²) in [5.74, 6) is 0.924. The topological polar surface area (TPSA) is 44.5 Å². The normalized spacial score (nSPS) is 19.5. The van der Waals surface area contributed by atoms with E-state index in [4.69, 9.17) is 15.2 Å². The number of ether oxygens (including phenoxy) is 2. The van der Waals surface area contributed by atoms with E-state index in [1.807, 2.05) is 19.1 Å². The lowest BCUT2D eigenvalue weighted by molar-refractivity contribution is -0.0665. The smallest absolute Gasteiger partial charge is 0.119 e. The quantitative estimate of drug-likeness (QED) is 0.850. The Morgan fingerprint density at radius 3 is 2.41 bits per heavy atom. The highest BCUT2D eigenvalue weighted by Crippen LogP contribution is 2.37. The Bertz CT molecular complexity index is 355. The van der Waals surface area contributed by atoms with E-state index in [0.29, 0.717) is 6.61 Å². The molecule has 1 aliphatic rings. The van der Waals surface area contributed by atoms with Gasteiger partial charge in [0.15, 0.2) is 0 Å². The molecule has 1 unspecified atom stereocenters. The first kappa shape index (κ1) is 12.4. The fourth-order valence-electron chi connectivity index (χ4n) is 2.44. The molecule has 2 rings (SSSR count). The molecule has 1 atom stereocenters. The van der Waals surface area contributed by atoms with Gasteiger partial charge in [0.2, 0.25) is 0 Å². The minimum absolute atomic E-state index is 0.124. The first-order chi connectivity index (χ1) is 8.16. The molecule has 0 aromatic heterocycles. The van der Waals surface area contributed by atoms with Crippen LogP contribution in [-0.2, 0) is 10.2 Å². The van der Waals surface area contributed by atoms with Crippen molar-refractivity contribution in [2.75, 3.05) is 19.8 Å². The Morgan fingerprint density at radius 1 is 1.35 bits per heavy atom. The molecule has 1 heterocycles. The van der Waals surface area contributed by atoms with E-state index < -0.39 is 0 Å². The number of hydrogen-bond donors (Lipinski definition) is 1. The van der Waals surface area contributed by atoms with Crippen molar-refractivity contribution in [3.63, 3.8) is 0 Å². The van der Waals surface area contributed by atoms with Gasteiger partial charge in [-0.15, -0.1) is 0 Å².